The Balaban J connectivity index is 1.86. The second-order valence-electron chi connectivity index (χ2n) is 5.04. The molecule has 0 amide bonds. The highest BCUT2D eigenvalue weighted by atomic mass is 16.5. The summed E-state index contributed by atoms with van der Waals surface area (Å²) >= 11 is 0. The summed E-state index contributed by atoms with van der Waals surface area (Å²) in [6, 6.07) is 7.99. The molecule has 0 saturated carbocycles. The second kappa shape index (κ2) is 7.50. The molecule has 1 heterocycles. The molecule has 0 unspecified atom stereocenters. The normalized spacial score (nSPS) is 10.6. The molecule has 0 spiro atoms. The van der Waals surface area contributed by atoms with Gasteiger partial charge < -0.3 is 15.0 Å². The first kappa shape index (κ1) is 15.1. The van der Waals surface area contributed by atoms with Gasteiger partial charge >= 0.3 is 0 Å². The highest BCUT2D eigenvalue weighted by Crippen LogP contribution is 2.18. The van der Waals surface area contributed by atoms with Crippen LogP contribution in [0.5, 0.6) is 5.75 Å². The zero-order valence-electron chi connectivity index (χ0n) is 12.6. The topological polar surface area (TPSA) is 42.3 Å². The Morgan fingerprint density at radius 2 is 2.29 bits per heavy atom. The zero-order chi connectivity index (χ0) is 15.1. The van der Waals surface area contributed by atoms with Gasteiger partial charge in [0.2, 0.25) is 0 Å². The minimum Gasteiger partial charge on any atom is -0.492 e. The number of likely N-dealkylation sites (N-methyl/N-ethyl adjacent to an activating group) is 1. The summed E-state index contributed by atoms with van der Waals surface area (Å²) in [7, 11) is 4.06. The van der Waals surface area contributed by atoms with Crippen molar-refractivity contribution >= 4 is 11.9 Å². The van der Waals surface area contributed by atoms with Crippen LogP contribution in [0.4, 0.5) is 5.69 Å². The molecule has 112 valence electrons. The van der Waals surface area contributed by atoms with E-state index in [1.54, 1.807) is 10.9 Å². The Bertz CT molecular complexity index is 577. The van der Waals surface area contributed by atoms with E-state index >= 15 is 0 Å². The van der Waals surface area contributed by atoms with Gasteiger partial charge in [-0.2, -0.15) is 5.10 Å². The van der Waals surface area contributed by atoms with Gasteiger partial charge in [-0.3, -0.25) is 0 Å². The first-order valence-corrected chi connectivity index (χ1v) is 6.94. The Kier molecular flexibility index (Phi) is 5.40. The molecule has 0 aliphatic heterocycles. The first-order chi connectivity index (χ1) is 10.2. The van der Waals surface area contributed by atoms with Gasteiger partial charge in [0.25, 0.3) is 0 Å². The molecule has 1 aromatic carbocycles. The fourth-order valence-electron chi connectivity index (χ4n) is 1.81. The van der Waals surface area contributed by atoms with Gasteiger partial charge in [-0.05, 0) is 26.2 Å². The van der Waals surface area contributed by atoms with E-state index in [-0.39, 0.29) is 0 Å². The molecule has 1 aromatic heterocycles. The third-order valence-corrected chi connectivity index (χ3v) is 2.98. The van der Waals surface area contributed by atoms with Crippen molar-refractivity contribution in [1.29, 1.82) is 0 Å². The third-order valence-electron chi connectivity index (χ3n) is 2.98. The van der Waals surface area contributed by atoms with Gasteiger partial charge in [0, 0.05) is 42.8 Å². The molecule has 5 nitrogen and oxygen atoms in total. The van der Waals surface area contributed by atoms with E-state index in [4.69, 9.17) is 4.74 Å². The Hall–Kier alpha value is -2.27. The average molecular weight is 286 g/mol. The zero-order valence-corrected chi connectivity index (χ0v) is 12.6. The molecular weight excluding hydrogens is 264 g/mol. The van der Waals surface area contributed by atoms with Gasteiger partial charge in [0.1, 0.15) is 12.4 Å². The van der Waals surface area contributed by atoms with Crippen LogP contribution in [0.15, 0.2) is 43.2 Å². The lowest BCUT2D eigenvalue weighted by Crippen LogP contribution is -2.19. The van der Waals surface area contributed by atoms with Gasteiger partial charge in [0.15, 0.2) is 0 Å². The smallest absolute Gasteiger partial charge is 0.121 e. The van der Waals surface area contributed by atoms with Crippen LogP contribution in [0.3, 0.4) is 0 Å². The van der Waals surface area contributed by atoms with Gasteiger partial charge in [-0.1, -0.05) is 12.6 Å². The number of nitrogens with zero attached hydrogens (tertiary/aromatic N) is 3. The van der Waals surface area contributed by atoms with E-state index in [0.717, 1.165) is 30.1 Å². The average Bonchev–Trinajstić information content (AvgIpc) is 2.93. The monoisotopic (exact) mass is 286 g/mol. The number of ether oxygens (including phenoxy) is 1. The summed E-state index contributed by atoms with van der Waals surface area (Å²) < 4.78 is 7.41. The highest BCUT2D eigenvalue weighted by molar-refractivity contribution is 5.48. The quantitative estimate of drug-likeness (QED) is 0.810. The van der Waals surface area contributed by atoms with Crippen molar-refractivity contribution in [2.45, 2.75) is 6.54 Å². The lowest BCUT2D eigenvalue weighted by atomic mass is 10.3. The first-order valence-electron chi connectivity index (χ1n) is 6.94. The van der Waals surface area contributed by atoms with Crippen LogP contribution in [0, 0.1) is 0 Å². The van der Waals surface area contributed by atoms with E-state index in [2.05, 4.69) is 21.9 Å². The van der Waals surface area contributed by atoms with Crippen LogP contribution in [-0.2, 0) is 6.54 Å². The minimum absolute atomic E-state index is 0.683. The van der Waals surface area contributed by atoms with Crippen LogP contribution in [0.25, 0.3) is 6.20 Å². The SMILES string of the molecule is C=Cn1cc(CNc2cccc(OCCN(C)C)c2)cn1. The number of nitrogens with one attached hydrogen (secondary N) is 1. The maximum absolute atomic E-state index is 5.72. The number of anilines is 1. The summed E-state index contributed by atoms with van der Waals surface area (Å²) in [5, 5.41) is 7.51. The number of benzene rings is 1. The fourth-order valence-corrected chi connectivity index (χ4v) is 1.81. The lowest BCUT2D eigenvalue weighted by Gasteiger charge is -2.12. The van der Waals surface area contributed by atoms with Crippen molar-refractivity contribution in [3.05, 3.63) is 48.8 Å². The predicted molar refractivity (Wildman–Crippen MR) is 86.4 cm³/mol. The van der Waals surface area contributed by atoms with Crippen LogP contribution in [-0.4, -0.2) is 41.9 Å². The third kappa shape index (κ3) is 4.96. The largest absolute Gasteiger partial charge is 0.492 e. The van der Waals surface area contributed by atoms with Gasteiger partial charge in [0.05, 0.1) is 6.20 Å². The lowest BCUT2D eigenvalue weighted by molar-refractivity contribution is 0.261. The van der Waals surface area contributed by atoms with Gasteiger partial charge in [-0.25, -0.2) is 4.68 Å². The summed E-state index contributed by atoms with van der Waals surface area (Å²) in [5.41, 5.74) is 2.14. The van der Waals surface area contributed by atoms with Crippen molar-refractivity contribution in [1.82, 2.24) is 14.7 Å². The Labute approximate surface area is 125 Å². The highest BCUT2D eigenvalue weighted by Gasteiger charge is 2.00. The molecule has 0 fully saturated rings. The second-order valence-corrected chi connectivity index (χ2v) is 5.04. The van der Waals surface area contributed by atoms with Crippen molar-refractivity contribution in [3.63, 3.8) is 0 Å². The number of hydrogen-bond acceptors (Lipinski definition) is 4. The van der Waals surface area contributed by atoms with Crippen LogP contribution < -0.4 is 10.1 Å². The molecule has 0 aliphatic carbocycles. The Morgan fingerprint density at radius 1 is 1.43 bits per heavy atom. The number of aromatic nitrogens is 2. The molecule has 0 saturated heterocycles. The van der Waals surface area contributed by atoms with Crippen LogP contribution in [0.1, 0.15) is 5.56 Å². The summed E-state index contributed by atoms with van der Waals surface area (Å²) in [6.07, 6.45) is 5.44. The molecule has 0 aliphatic rings. The molecule has 5 heteroatoms. The molecule has 0 bridgehead atoms. The maximum atomic E-state index is 5.72. The Morgan fingerprint density at radius 3 is 3.00 bits per heavy atom. The van der Waals surface area contributed by atoms with E-state index in [9.17, 15) is 0 Å². The van der Waals surface area contributed by atoms with Crippen molar-refractivity contribution < 1.29 is 4.74 Å². The fraction of sp³-hybridized carbons (Fsp3) is 0.312. The minimum atomic E-state index is 0.683. The summed E-state index contributed by atoms with van der Waals surface area (Å²) in [6.45, 7) is 5.98. The van der Waals surface area contributed by atoms with E-state index in [1.165, 1.54) is 0 Å². The maximum Gasteiger partial charge on any atom is 0.121 e. The molecule has 1 N–H and O–H groups in total. The molecule has 0 atom stereocenters. The van der Waals surface area contributed by atoms with Crippen molar-refractivity contribution in [2.75, 3.05) is 32.6 Å². The molecule has 21 heavy (non-hydrogen) atoms. The standard InChI is InChI=1S/C16H22N4O/c1-4-20-13-14(12-18-20)11-17-15-6-5-7-16(10-15)21-9-8-19(2)3/h4-7,10,12-13,17H,1,8-9,11H2,2-3H3. The van der Waals surface area contributed by atoms with Crippen molar-refractivity contribution in [2.24, 2.45) is 0 Å². The van der Waals surface area contributed by atoms with E-state index in [0.29, 0.717) is 6.61 Å². The van der Waals surface area contributed by atoms with Crippen molar-refractivity contribution in [3.8, 4) is 5.75 Å². The summed E-state index contributed by atoms with van der Waals surface area (Å²) in [5.74, 6) is 0.878. The predicted octanol–water partition coefficient (Wildman–Crippen LogP) is 2.54. The number of hydrogen-bond donors (Lipinski definition) is 1. The molecule has 0 radical (unpaired) electrons. The van der Waals surface area contributed by atoms with Crippen LogP contribution in [0.2, 0.25) is 0 Å². The molecule has 2 rings (SSSR count). The summed E-state index contributed by atoms with van der Waals surface area (Å²) in [4.78, 5) is 2.10. The van der Waals surface area contributed by atoms with E-state index < -0.39 is 0 Å². The van der Waals surface area contributed by atoms with Gasteiger partial charge in [-0.15, -0.1) is 0 Å². The van der Waals surface area contributed by atoms with Crippen LogP contribution >= 0.6 is 0 Å². The number of rotatable bonds is 8. The molecule has 2 aromatic rings. The van der Waals surface area contributed by atoms with E-state index in [1.807, 2.05) is 50.8 Å². The molecular formula is C16H22N4O.